The van der Waals surface area contributed by atoms with E-state index in [2.05, 4.69) is 4.98 Å². The van der Waals surface area contributed by atoms with E-state index in [1.54, 1.807) is 13.1 Å². The van der Waals surface area contributed by atoms with Crippen molar-refractivity contribution in [1.82, 2.24) is 9.55 Å². The standard InChI is InChI=1S/C9H14N2O3S2/c1-7-6-10-9(15)11(8(7)12)4-3-5-16(2,13)14/h6H,3-5H2,1-2H3,(H,10,15). The Labute approximate surface area is 99.1 Å². The van der Waals surface area contributed by atoms with Gasteiger partial charge < -0.3 is 4.98 Å². The van der Waals surface area contributed by atoms with Crippen molar-refractivity contribution in [2.75, 3.05) is 12.0 Å². The van der Waals surface area contributed by atoms with E-state index < -0.39 is 9.84 Å². The highest BCUT2D eigenvalue weighted by Gasteiger charge is 2.05. The average molecular weight is 262 g/mol. The first-order valence-corrected chi connectivity index (χ1v) is 7.25. The number of aryl methyl sites for hydroxylation is 1. The van der Waals surface area contributed by atoms with Gasteiger partial charge in [-0.3, -0.25) is 9.36 Å². The molecule has 0 saturated heterocycles. The number of aromatic nitrogens is 2. The van der Waals surface area contributed by atoms with Gasteiger partial charge in [-0.2, -0.15) is 0 Å². The van der Waals surface area contributed by atoms with Crippen molar-refractivity contribution in [3.8, 4) is 0 Å². The highest BCUT2D eigenvalue weighted by molar-refractivity contribution is 7.90. The minimum atomic E-state index is -2.99. The average Bonchev–Trinajstić information content (AvgIpc) is 2.16. The van der Waals surface area contributed by atoms with Crippen LogP contribution in [0.25, 0.3) is 0 Å². The number of hydrogen-bond donors (Lipinski definition) is 1. The SMILES string of the molecule is Cc1c[nH]c(=S)n(CCCS(C)(=O)=O)c1=O. The fourth-order valence-corrected chi connectivity index (χ4v) is 2.19. The zero-order chi connectivity index (χ0) is 12.3. The summed E-state index contributed by atoms with van der Waals surface area (Å²) in [6.07, 6.45) is 3.12. The Morgan fingerprint density at radius 1 is 1.50 bits per heavy atom. The van der Waals surface area contributed by atoms with E-state index in [0.29, 0.717) is 23.3 Å². The summed E-state index contributed by atoms with van der Waals surface area (Å²) >= 11 is 4.96. The molecular formula is C9H14N2O3S2. The maximum Gasteiger partial charge on any atom is 0.257 e. The number of nitrogens with zero attached hydrogens (tertiary/aromatic N) is 1. The van der Waals surface area contributed by atoms with Gasteiger partial charge in [0, 0.05) is 24.6 Å². The quantitative estimate of drug-likeness (QED) is 0.809. The van der Waals surface area contributed by atoms with Gasteiger partial charge in [-0.05, 0) is 25.6 Å². The molecule has 1 aromatic rings. The fraction of sp³-hybridized carbons (Fsp3) is 0.556. The predicted molar refractivity (Wildman–Crippen MR) is 65.0 cm³/mol. The number of rotatable bonds is 4. The minimum Gasteiger partial charge on any atom is -0.338 e. The predicted octanol–water partition coefficient (Wildman–Crippen LogP) is 0.649. The van der Waals surface area contributed by atoms with Gasteiger partial charge in [0.15, 0.2) is 4.77 Å². The first kappa shape index (κ1) is 13.1. The Bertz CT molecular complexity index is 584. The molecule has 0 fully saturated rings. The molecular weight excluding hydrogens is 248 g/mol. The van der Waals surface area contributed by atoms with Gasteiger partial charge in [-0.25, -0.2) is 8.42 Å². The van der Waals surface area contributed by atoms with Gasteiger partial charge in [0.1, 0.15) is 9.84 Å². The lowest BCUT2D eigenvalue weighted by molar-refractivity contribution is 0.584. The second-order valence-corrected chi connectivity index (χ2v) is 6.36. The van der Waals surface area contributed by atoms with Crippen molar-refractivity contribution in [3.63, 3.8) is 0 Å². The second kappa shape index (κ2) is 4.92. The van der Waals surface area contributed by atoms with Crippen molar-refractivity contribution in [2.24, 2.45) is 0 Å². The van der Waals surface area contributed by atoms with Crippen molar-refractivity contribution < 1.29 is 8.42 Å². The summed E-state index contributed by atoms with van der Waals surface area (Å²) in [5.74, 6) is 0.0577. The molecule has 7 heteroatoms. The number of nitrogens with one attached hydrogen (secondary N) is 1. The van der Waals surface area contributed by atoms with Gasteiger partial charge in [-0.1, -0.05) is 0 Å². The molecule has 0 aliphatic carbocycles. The number of H-pyrrole nitrogens is 1. The van der Waals surface area contributed by atoms with Crippen molar-refractivity contribution in [3.05, 3.63) is 26.9 Å². The summed E-state index contributed by atoms with van der Waals surface area (Å²) in [4.78, 5) is 14.5. The van der Waals surface area contributed by atoms with Gasteiger partial charge in [0.25, 0.3) is 5.56 Å². The Balaban J connectivity index is 2.87. The Hall–Kier alpha value is -0.950. The molecule has 0 aliphatic rings. The second-order valence-electron chi connectivity index (χ2n) is 3.72. The first-order valence-electron chi connectivity index (χ1n) is 4.78. The van der Waals surface area contributed by atoms with E-state index in [-0.39, 0.29) is 11.3 Å². The molecule has 0 amide bonds. The molecule has 1 aromatic heterocycles. The first-order chi connectivity index (χ1) is 7.31. The van der Waals surface area contributed by atoms with Gasteiger partial charge in [0.2, 0.25) is 0 Å². The van der Waals surface area contributed by atoms with Crippen LogP contribution in [0, 0.1) is 11.7 Å². The highest BCUT2D eigenvalue weighted by Crippen LogP contribution is 1.94. The molecule has 5 nitrogen and oxygen atoms in total. The van der Waals surface area contributed by atoms with E-state index in [0.717, 1.165) is 0 Å². The van der Waals surface area contributed by atoms with E-state index in [1.165, 1.54) is 10.8 Å². The Morgan fingerprint density at radius 3 is 2.69 bits per heavy atom. The maximum absolute atomic E-state index is 11.7. The highest BCUT2D eigenvalue weighted by atomic mass is 32.2. The Kier molecular flexibility index (Phi) is 4.03. The molecule has 0 aromatic carbocycles. The normalized spacial score (nSPS) is 11.6. The van der Waals surface area contributed by atoms with Crippen molar-refractivity contribution in [1.29, 1.82) is 0 Å². The molecule has 1 rings (SSSR count). The van der Waals surface area contributed by atoms with Gasteiger partial charge in [-0.15, -0.1) is 0 Å². The maximum atomic E-state index is 11.7. The molecule has 1 heterocycles. The molecule has 0 saturated carbocycles. The molecule has 0 spiro atoms. The summed E-state index contributed by atoms with van der Waals surface area (Å²) in [6, 6.07) is 0. The third-order valence-corrected chi connectivity index (χ3v) is 3.51. The van der Waals surface area contributed by atoms with E-state index in [9.17, 15) is 13.2 Å². The van der Waals surface area contributed by atoms with E-state index in [4.69, 9.17) is 12.2 Å². The lowest BCUT2D eigenvalue weighted by Crippen LogP contribution is -2.24. The third kappa shape index (κ3) is 3.57. The molecule has 0 atom stereocenters. The van der Waals surface area contributed by atoms with Crippen molar-refractivity contribution >= 4 is 22.1 Å². The largest absolute Gasteiger partial charge is 0.338 e. The molecule has 0 aliphatic heterocycles. The van der Waals surface area contributed by atoms with Crippen LogP contribution in [0.3, 0.4) is 0 Å². The van der Waals surface area contributed by atoms with Crippen LogP contribution in [0.2, 0.25) is 0 Å². The number of hydrogen-bond acceptors (Lipinski definition) is 4. The Morgan fingerprint density at radius 2 is 2.12 bits per heavy atom. The van der Waals surface area contributed by atoms with Crippen LogP contribution < -0.4 is 5.56 Å². The number of aromatic amines is 1. The van der Waals surface area contributed by atoms with Crippen LogP contribution >= 0.6 is 12.2 Å². The van der Waals surface area contributed by atoms with E-state index in [1.807, 2.05) is 0 Å². The third-order valence-electron chi connectivity index (χ3n) is 2.14. The van der Waals surface area contributed by atoms with Crippen molar-refractivity contribution in [2.45, 2.75) is 19.9 Å². The zero-order valence-corrected chi connectivity index (χ0v) is 10.8. The lowest BCUT2D eigenvalue weighted by Gasteiger charge is -2.05. The van der Waals surface area contributed by atoms with Gasteiger partial charge >= 0.3 is 0 Å². The minimum absolute atomic E-state index is 0.0577. The summed E-state index contributed by atoms with van der Waals surface area (Å²) < 4.78 is 23.6. The topological polar surface area (TPSA) is 71.9 Å². The molecule has 0 radical (unpaired) electrons. The molecule has 0 bridgehead atoms. The van der Waals surface area contributed by atoms with Gasteiger partial charge in [0.05, 0.1) is 5.75 Å². The summed E-state index contributed by atoms with van der Waals surface area (Å²) in [5.41, 5.74) is 0.394. The van der Waals surface area contributed by atoms with Crippen LogP contribution in [0.4, 0.5) is 0 Å². The van der Waals surface area contributed by atoms with Crippen LogP contribution in [-0.4, -0.2) is 30.0 Å². The zero-order valence-electron chi connectivity index (χ0n) is 9.19. The van der Waals surface area contributed by atoms with Crippen LogP contribution in [0.1, 0.15) is 12.0 Å². The van der Waals surface area contributed by atoms with Crippen LogP contribution in [0.15, 0.2) is 11.0 Å². The smallest absolute Gasteiger partial charge is 0.257 e. The molecule has 1 N–H and O–H groups in total. The molecule has 90 valence electrons. The molecule has 16 heavy (non-hydrogen) atoms. The summed E-state index contributed by atoms with van der Waals surface area (Å²) in [5, 5.41) is 0. The van der Waals surface area contributed by atoms with Crippen LogP contribution in [-0.2, 0) is 16.4 Å². The summed E-state index contributed by atoms with van der Waals surface area (Å²) in [6.45, 7) is 2.00. The monoisotopic (exact) mass is 262 g/mol. The summed E-state index contributed by atoms with van der Waals surface area (Å²) in [7, 11) is -2.99. The molecule has 0 unspecified atom stereocenters. The van der Waals surface area contributed by atoms with Crippen LogP contribution in [0.5, 0.6) is 0 Å². The number of sulfone groups is 1. The lowest BCUT2D eigenvalue weighted by atomic mass is 10.4. The fourth-order valence-electron chi connectivity index (χ4n) is 1.30. The van der Waals surface area contributed by atoms with E-state index >= 15 is 0 Å².